The number of aromatic nitrogens is 2. The summed E-state index contributed by atoms with van der Waals surface area (Å²) in [6.45, 7) is 7.17. The van der Waals surface area contributed by atoms with Gasteiger partial charge in [0.15, 0.2) is 0 Å². The van der Waals surface area contributed by atoms with Crippen LogP contribution in [0.1, 0.15) is 32.2 Å². The minimum Gasteiger partial charge on any atom is -0.395 e. The maximum absolute atomic E-state index is 9.27. The van der Waals surface area contributed by atoms with Gasteiger partial charge in [0, 0.05) is 19.6 Å². The molecule has 1 aromatic rings. The lowest BCUT2D eigenvalue weighted by atomic mass is 10.1. The van der Waals surface area contributed by atoms with E-state index in [-0.39, 0.29) is 12.6 Å². The Morgan fingerprint density at radius 2 is 2.12 bits per heavy atom. The SMILES string of the molecule is CCc1nn(C)c(CN[C@H](CO)C(C)C)c1Br. The zero-order chi connectivity index (χ0) is 13.0. The van der Waals surface area contributed by atoms with Crippen molar-refractivity contribution in [1.82, 2.24) is 15.1 Å². The first kappa shape index (κ1) is 14.7. The molecule has 0 fully saturated rings. The maximum Gasteiger partial charge on any atom is 0.0767 e. The van der Waals surface area contributed by atoms with E-state index in [4.69, 9.17) is 0 Å². The van der Waals surface area contributed by atoms with E-state index in [9.17, 15) is 5.11 Å². The highest BCUT2D eigenvalue weighted by Crippen LogP contribution is 2.21. The molecule has 0 saturated heterocycles. The largest absolute Gasteiger partial charge is 0.395 e. The Labute approximate surface area is 112 Å². The Bertz CT molecular complexity index is 363. The van der Waals surface area contributed by atoms with Crippen LogP contribution in [0.2, 0.25) is 0 Å². The average Bonchev–Trinajstić information content (AvgIpc) is 2.56. The average molecular weight is 304 g/mol. The number of hydrogen-bond acceptors (Lipinski definition) is 3. The number of hydrogen-bond donors (Lipinski definition) is 2. The fourth-order valence-corrected chi connectivity index (χ4v) is 2.51. The summed E-state index contributed by atoms with van der Waals surface area (Å²) < 4.78 is 2.97. The Morgan fingerprint density at radius 1 is 1.47 bits per heavy atom. The molecular weight excluding hydrogens is 282 g/mol. The van der Waals surface area contributed by atoms with Crippen LogP contribution in [0.25, 0.3) is 0 Å². The highest BCUT2D eigenvalue weighted by atomic mass is 79.9. The smallest absolute Gasteiger partial charge is 0.0767 e. The van der Waals surface area contributed by atoms with E-state index in [1.54, 1.807) is 0 Å². The van der Waals surface area contributed by atoms with Crippen LogP contribution in [0.15, 0.2) is 4.47 Å². The molecule has 17 heavy (non-hydrogen) atoms. The van der Waals surface area contributed by atoms with Gasteiger partial charge in [-0.15, -0.1) is 0 Å². The number of aliphatic hydroxyl groups is 1. The van der Waals surface area contributed by atoms with E-state index >= 15 is 0 Å². The van der Waals surface area contributed by atoms with Crippen molar-refractivity contribution in [2.45, 2.75) is 39.8 Å². The van der Waals surface area contributed by atoms with Crippen LogP contribution in [-0.2, 0) is 20.0 Å². The standard InChI is InChI=1S/C12H22BrN3O/c1-5-9-12(13)11(16(4)15-9)6-14-10(7-17)8(2)3/h8,10,14,17H,5-7H2,1-4H3/t10-/m1/s1. The molecule has 0 aromatic carbocycles. The van der Waals surface area contributed by atoms with Crippen molar-refractivity contribution >= 4 is 15.9 Å². The number of aliphatic hydroxyl groups excluding tert-OH is 1. The van der Waals surface area contributed by atoms with E-state index in [1.165, 1.54) is 0 Å². The van der Waals surface area contributed by atoms with Crippen LogP contribution < -0.4 is 5.32 Å². The molecule has 1 heterocycles. The van der Waals surface area contributed by atoms with Crippen LogP contribution in [-0.4, -0.2) is 27.5 Å². The van der Waals surface area contributed by atoms with Gasteiger partial charge in [0.25, 0.3) is 0 Å². The van der Waals surface area contributed by atoms with Gasteiger partial charge in [0.2, 0.25) is 0 Å². The van der Waals surface area contributed by atoms with E-state index in [1.807, 2.05) is 11.7 Å². The van der Waals surface area contributed by atoms with Crippen molar-refractivity contribution in [1.29, 1.82) is 0 Å². The fraction of sp³-hybridized carbons (Fsp3) is 0.750. The second kappa shape index (κ2) is 6.52. The number of halogens is 1. The van der Waals surface area contributed by atoms with Gasteiger partial charge in [-0.25, -0.2) is 0 Å². The quantitative estimate of drug-likeness (QED) is 0.843. The molecular formula is C12H22BrN3O. The molecule has 0 unspecified atom stereocenters. The molecule has 0 aliphatic heterocycles. The van der Waals surface area contributed by atoms with Gasteiger partial charge in [0.1, 0.15) is 0 Å². The summed E-state index contributed by atoms with van der Waals surface area (Å²) in [6, 6.07) is 0.127. The van der Waals surface area contributed by atoms with Crippen molar-refractivity contribution in [2.75, 3.05) is 6.61 Å². The summed E-state index contributed by atoms with van der Waals surface area (Å²) in [5.74, 6) is 0.414. The lowest BCUT2D eigenvalue weighted by Crippen LogP contribution is -2.37. The van der Waals surface area contributed by atoms with Gasteiger partial charge in [0.05, 0.1) is 22.5 Å². The summed E-state index contributed by atoms with van der Waals surface area (Å²) in [4.78, 5) is 0. The molecule has 2 N–H and O–H groups in total. The molecule has 0 radical (unpaired) electrons. The zero-order valence-corrected chi connectivity index (χ0v) is 12.6. The number of rotatable bonds is 6. The number of aryl methyl sites for hydroxylation is 2. The summed E-state index contributed by atoms with van der Waals surface area (Å²) in [7, 11) is 1.95. The Kier molecular flexibility index (Phi) is 5.62. The van der Waals surface area contributed by atoms with Crippen LogP contribution in [0.3, 0.4) is 0 Å². The number of nitrogens with one attached hydrogen (secondary N) is 1. The Morgan fingerprint density at radius 3 is 2.53 bits per heavy atom. The van der Waals surface area contributed by atoms with Crippen LogP contribution in [0.4, 0.5) is 0 Å². The summed E-state index contributed by atoms with van der Waals surface area (Å²) in [5.41, 5.74) is 2.20. The highest BCUT2D eigenvalue weighted by Gasteiger charge is 2.16. The first-order chi connectivity index (χ1) is 8.01. The minimum absolute atomic E-state index is 0.127. The van der Waals surface area contributed by atoms with Crippen LogP contribution >= 0.6 is 15.9 Å². The van der Waals surface area contributed by atoms with Gasteiger partial charge in [-0.2, -0.15) is 5.10 Å². The highest BCUT2D eigenvalue weighted by molar-refractivity contribution is 9.10. The van der Waals surface area contributed by atoms with Gasteiger partial charge in [-0.1, -0.05) is 20.8 Å². The van der Waals surface area contributed by atoms with Gasteiger partial charge in [-0.3, -0.25) is 4.68 Å². The molecule has 1 aromatic heterocycles. The van der Waals surface area contributed by atoms with Crippen molar-refractivity contribution in [3.05, 3.63) is 15.9 Å². The summed E-state index contributed by atoms with van der Waals surface area (Å²) in [5, 5.41) is 17.1. The molecule has 98 valence electrons. The summed E-state index contributed by atoms with van der Waals surface area (Å²) in [6.07, 6.45) is 0.919. The molecule has 0 aliphatic rings. The van der Waals surface area contributed by atoms with E-state index in [0.29, 0.717) is 12.5 Å². The molecule has 0 bridgehead atoms. The lowest BCUT2D eigenvalue weighted by Gasteiger charge is -2.20. The molecule has 0 amide bonds. The van der Waals surface area contributed by atoms with E-state index in [0.717, 1.165) is 22.3 Å². The fourth-order valence-electron chi connectivity index (χ4n) is 1.75. The molecule has 5 heteroatoms. The monoisotopic (exact) mass is 303 g/mol. The zero-order valence-electron chi connectivity index (χ0n) is 11.0. The lowest BCUT2D eigenvalue weighted by molar-refractivity contribution is 0.209. The third kappa shape index (κ3) is 3.53. The van der Waals surface area contributed by atoms with E-state index < -0.39 is 0 Å². The Hall–Kier alpha value is -0.390. The summed E-state index contributed by atoms with van der Waals surface area (Å²) >= 11 is 3.59. The van der Waals surface area contributed by atoms with Crippen LogP contribution in [0, 0.1) is 5.92 Å². The van der Waals surface area contributed by atoms with Crippen molar-refractivity contribution in [3.63, 3.8) is 0 Å². The molecule has 4 nitrogen and oxygen atoms in total. The van der Waals surface area contributed by atoms with Gasteiger partial charge < -0.3 is 10.4 Å². The van der Waals surface area contributed by atoms with Crippen LogP contribution in [0.5, 0.6) is 0 Å². The Balaban J connectivity index is 2.72. The van der Waals surface area contributed by atoms with Crippen molar-refractivity contribution in [3.8, 4) is 0 Å². The number of nitrogens with zero attached hydrogens (tertiary/aromatic N) is 2. The predicted octanol–water partition coefficient (Wildman–Crippen LogP) is 1.85. The normalized spacial score (nSPS) is 13.4. The molecule has 0 saturated carbocycles. The predicted molar refractivity (Wildman–Crippen MR) is 72.8 cm³/mol. The van der Waals surface area contributed by atoms with Crippen molar-refractivity contribution < 1.29 is 5.11 Å². The van der Waals surface area contributed by atoms with Crippen molar-refractivity contribution in [2.24, 2.45) is 13.0 Å². The third-order valence-electron chi connectivity index (χ3n) is 3.04. The van der Waals surface area contributed by atoms with E-state index in [2.05, 4.69) is 47.1 Å². The first-order valence-corrected chi connectivity index (χ1v) is 6.85. The molecule has 1 rings (SSSR count). The second-order valence-electron chi connectivity index (χ2n) is 4.60. The van der Waals surface area contributed by atoms with Gasteiger partial charge >= 0.3 is 0 Å². The third-order valence-corrected chi connectivity index (χ3v) is 3.95. The minimum atomic E-state index is 0.127. The topological polar surface area (TPSA) is 50.1 Å². The molecule has 0 aliphatic carbocycles. The molecule has 0 spiro atoms. The first-order valence-electron chi connectivity index (χ1n) is 6.05. The van der Waals surface area contributed by atoms with Gasteiger partial charge in [-0.05, 0) is 28.3 Å². The maximum atomic E-state index is 9.27. The molecule has 1 atom stereocenters. The second-order valence-corrected chi connectivity index (χ2v) is 5.39.